The number of carboxylic acids is 1. The van der Waals surface area contributed by atoms with E-state index in [-0.39, 0.29) is 0 Å². The van der Waals surface area contributed by atoms with Gasteiger partial charge in [0.1, 0.15) is 5.75 Å². The minimum absolute atomic E-state index is 0.368. The summed E-state index contributed by atoms with van der Waals surface area (Å²) in [6, 6.07) is 8.17. The molecule has 1 fully saturated rings. The molecule has 0 amide bonds. The summed E-state index contributed by atoms with van der Waals surface area (Å²) in [6.45, 7) is 5.23. The molecule has 4 nitrogen and oxygen atoms in total. The van der Waals surface area contributed by atoms with Gasteiger partial charge in [-0.2, -0.15) is 0 Å². The van der Waals surface area contributed by atoms with Gasteiger partial charge in [0.25, 0.3) is 0 Å². The molecule has 0 aliphatic carbocycles. The second-order valence-corrected chi connectivity index (χ2v) is 6.37. The fraction of sp³-hybridized carbons (Fsp3) is 0.588. The van der Waals surface area contributed by atoms with Gasteiger partial charge in [0.15, 0.2) is 0 Å². The van der Waals surface area contributed by atoms with Crippen molar-refractivity contribution >= 4 is 5.97 Å². The van der Waals surface area contributed by atoms with Gasteiger partial charge in [-0.05, 0) is 25.5 Å². The highest BCUT2D eigenvalue weighted by Gasteiger charge is 2.44. The third-order valence-electron chi connectivity index (χ3n) is 4.89. The SMILES string of the molecule is CCCC1(C(=O)O)CCN(CC2COc3ccccc32)C1. The molecule has 2 aliphatic heterocycles. The third kappa shape index (κ3) is 2.64. The van der Waals surface area contributed by atoms with Crippen LogP contribution in [0.1, 0.15) is 37.7 Å². The molecule has 21 heavy (non-hydrogen) atoms. The maximum Gasteiger partial charge on any atom is 0.310 e. The summed E-state index contributed by atoms with van der Waals surface area (Å²) < 4.78 is 5.73. The standard InChI is InChI=1S/C17H23NO3/c1-2-7-17(16(19)20)8-9-18(12-17)10-13-11-21-15-6-4-3-5-14(13)15/h3-6,13H,2,7-12H2,1H3,(H,19,20). The molecule has 2 unspecified atom stereocenters. The maximum absolute atomic E-state index is 11.6. The smallest absolute Gasteiger partial charge is 0.310 e. The first kappa shape index (κ1) is 14.4. The van der Waals surface area contributed by atoms with Crippen molar-refractivity contribution in [3.05, 3.63) is 29.8 Å². The van der Waals surface area contributed by atoms with Crippen LogP contribution in [0.15, 0.2) is 24.3 Å². The quantitative estimate of drug-likeness (QED) is 0.905. The number of nitrogens with zero attached hydrogens (tertiary/aromatic N) is 1. The Morgan fingerprint density at radius 3 is 3.05 bits per heavy atom. The van der Waals surface area contributed by atoms with E-state index in [0.717, 1.165) is 38.1 Å². The average Bonchev–Trinajstić information content (AvgIpc) is 3.06. The molecular weight excluding hydrogens is 266 g/mol. The van der Waals surface area contributed by atoms with Crippen LogP contribution in [0, 0.1) is 5.41 Å². The summed E-state index contributed by atoms with van der Waals surface area (Å²) in [7, 11) is 0. The van der Waals surface area contributed by atoms with Gasteiger partial charge in [-0.3, -0.25) is 4.79 Å². The molecule has 0 bridgehead atoms. The van der Waals surface area contributed by atoms with Crippen LogP contribution in [0.5, 0.6) is 5.75 Å². The van der Waals surface area contributed by atoms with E-state index >= 15 is 0 Å². The lowest BCUT2D eigenvalue weighted by Crippen LogP contribution is -2.36. The molecule has 2 heterocycles. The minimum atomic E-state index is -0.630. The molecule has 4 heteroatoms. The number of ether oxygens (including phenoxy) is 1. The van der Waals surface area contributed by atoms with Crippen molar-refractivity contribution in [1.29, 1.82) is 0 Å². The molecule has 0 saturated carbocycles. The van der Waals surface area contributed by atoms with Crippen LogP contribution >= 0.6 is 0 Å². The predicted molar refractivity (Wildman–Crippen MR) is 80.7 cm³/mol. The van der Waals surface area contributed by atoms with Gasteiger partial charge >= 0.3 is 5.97 Å². The van der Waals surface area contributed by atoms with E-state index < -0.39 is 11.4 Å². The number of hydrogen-bond donors (Lipinski definition) is 1. The number of para-hydroxylation sites is 1. The van der Waals surface area contributed by atoms with E-state index in [2.05, 4.69) is 17.9 Å². The maximum atomic E-state index is 11.6. The normalized spacial score (nSPS) is 28.3. The first-order chi connectivity index (χ1) is 10.1. The Balaban J connectivity index is 1.67. The first-order valence-corrected chi connectivity index (χ1v) is 7.82. The van der Waals surface area contributed by atoms with Crippen molar-refractivity contribution in [1.82, 2.24) is 4.90 Å². The van der Waals surface area contributed by atoms with Crippen LogP contribution in [-0.4, -0.2) is 42.2 Å². The zero-order valence-corrected chi connectivity index (χ0v) is 12.5. The summed E-state index contributed by atoms with van der Waals surface area (Å²) in [5.41, 5.74) is 0.731. The number of rotatable bonds is 5. The van der Waals surface area contributed by atoms with E-state index in [1.807, 2.05) is 18.2 Å². The molecule has 1 aromatic carbocycles. The van der Waals surface area contributed by atoms with Gasteiger partial charge in [0.05, 0.1) is 12.0 Å². The van der Waals surface area contributed by atoms with E-state index in [1.165, 1.54) is 5.56 Å². The molecule has 0 radical (unpaired) electrons. The number of likely N-dealkylation sites (tertiary alicyclic amines) is 1. The Labute approximate surface area is 125 Å². The van der Waals surface area contributed by atoms with Crippen LogP contribution < -0.4 is 4.74 Å². The topological polar surface area (TPSA) is 49.8 Å². The van der Waals surface area contributed by atoms with E-state index in [4.69, 9.17) is 4.74 Å². The Morgan fingerprint density at radius 2 is 2.29 bits per heavy atom. The highest BCUT2D eigenvalue weighted by molar-refractivity contribution is 5.75. The number of fused-ring (bicyclic) bond motifs is 1. The van der Waals surface area contributed by atoms with Crippen LogP contribution in [0.4, 0.5) is 0 Å². The minimum Gasteiger partial charge on any atom is -0.493 e. The van der Waals surface area contributed by atoms with Gasteiger partial charge < -0.3 is 14.7 Å². The zero-order valence-electron chi connectivity index (χ0n) is 12.5. The lowest BCUT2D eigenvalue weighted by atomic mass is 9.83. The lowest BCUT2D eigenvalue weighted by molar-refractivity contribution is -0.148. The van der Waals surface area contributed by atoms with Crippen molar-refractivity contribution in [2.24, 2.45) is 5.41 Å². The van der Waals surface area contributed by atoms with Gasteiger partial charge in [0.2, 0.25) is 0 Å². The third-order valence-corrected chi connectivity index (χ3v) is 4.89. The molecule has 2 atom stereocenters. The first-order valence-electron chi connectivity index (χ1n) is 7.82. The predicted octanol–water partition coefficient (Wildman–Crippen LogP) is 2.74. The van der Waals surface area contributed by atoms with Crippen LogP contribution in [-0.2, 0) is 4.79 Å². The Morgan fingerprint density at radius 1 is 1.48 bits per heavy atom. The molecular formula is C17H23NO3. The van der Waals surface area contributed by atoms with Crippen molar-refractivity contribution in [2.75, 3.05) is 26.2 Å². The largest absolute Gasteiger partial charge is 0.493 e. The molecule has 1 aromatic rings. The number of carbonyl (C=O) groups is 1. The lowest BCUT2D eigenvalue weighted by Gasteiger charge is -2.25. The summed E-state index contributed by atoms with van der Waals surface area (Å²) in [5.74, 6) is 0.724. The number of benzene rings is 1. The molecule has 3 rings (SSSR count). The summed E-state index contributed by atoms with van der Waals surface area (Å²) in [5, 5.41) is 9.58. The van der Waals surface area contributed by atoms with Gasteiger partial charge in [-0.15, -0.1) is 0 Å². The summed E-state index contributed by atoms with van der Waals surface area (Å²) in [4.78, 5) is 13.9. The van der Waals surface area contributed by atoms with Gasteiger partial charge in [0, 0.05) is 24.6 Å². The molecule has 0 spiro atoms. The fourth-order valence-corrected chi connectivity index (χ4v) is 3.77. The number of hydrogen-bond acceptors (Lipinski definition) is 3. The van der Waals surface area contributed by atoms with Gasteiger partial charge in [-0.25, -0.2) is 0 Å². The van der Waals surface area contributed by atoms with Crippen LogP contribution in [0.3, 0.4) is 0 Å². The Hall–Kier alpha value is -1.55. The zero-order chi connectivity index (χ0) is 14.9. The van der Waals surface area contributed by atoms with Crippen molar-refractivity contribution in [3.8, 4) is 5.75 Å². The molecule has 0 aromatic heterocycles. The number of carboxylic acid groups (broad SMARTS) is 1. The second kappa shape index (κ2) is 5.68. The second-order valence-electron chi connectivity index (χ2n) is 6.37. The summed E-state index contributed by atoms with van der Waals surface area (Å²) in [6.07, 6.45) is 2.47. The van der Waals surface area contributed by atoms with Crippen molar-refractivity contribution in [3.63, 3.8) is 0 Å². The molecule has 2 aliphatic rings. The van der Waals surface area contributed by atoms with Crippen molar-refractivity contribution < 1.29 is 14.6 Å². The highest BCUT2D eigenvalue weighted by Crippen LogP contribution is 2.39. The van der Waals surface area contributed by atoms with E-state index in [0.29, 0.717) is 19.1 Å². The molecule has 1 saturated heterocycles. The van der Waals surface area contributed by atoms with E-state index in [9.17, 15) is 9.90 Å². The van der Waals surface area contributed by atoms with E-state index in [1.54, 1.807) is 0 Å². The van der Waals surface area contributed by atoms with Crippen molar-refractivity contribution in [2.45, 2.75) is 32.1 Å². The van der Waals surface area contributed by atoms with Crippen LogP contribution in [0.2, 0.25) is 0 Å². The molecule has 114 valence electrons. The van der Waals surface area contributed by atoms with Gasteiger partial charge in [-0.1, -0.05) is 31.5 Å². The Kier molecular flexibility index (Phi) is 3.89. The molecule has 1 N–H and O–H groups in total. The Bertz CT molecular complexity index is 531. The summed E-state index contributed by atoms with van der Waals surface area (Å²) >= 11 is 0. The average molecular weight is 289 g/mol. The number of aliphatic carboxylic acids is 1. The monoisotopic (exact) mass is 289 g/mol. The highest BCUT2D eigenvalue weighted by atomic mass is 16.5. The van der Waals surface area contributed by atoms with Crippen LogP contribution in [0.25, 0.3) is 0 Å². The fourth-order valence-electron chi connectivity index (χ4n) is 3.77.